The van der Waals surface area contributed by atoms with Crippen LogP contribution in [0.1, 0.15) is 12.0 Å². The maximum absolute atomic E-state index is 14.1. The van der Waals surface area contributed by atoms with E-state index in [9.17, 15) is 13.6 Å². The van der Waals surface area contributed by atoms with E-state index in [1.807, 2.05) is 18.2 Å². The number of anilines is 1. The van der Waals surface area contributed by atoms with Crippen LogP contribution in [0.25, 0.3) is 11.1 Å². The first-order valence-corrected chi connectivity index (χ1v) is 8.36. The Morgan fingerprint density at radius 1 is 1.12 bits per heavy atom. The number of rotatable bonds is 5. The Morgan fingerprint density at radius 3 is 2.62 bits per heavy atom. The van der Waals surface area contributed by atoms with Crippen LogP contribution in [0.4, 0.5) is 14.5 Å². The number of allylic oxidation sites excluding steroid dienone is 2. The zero-order valence-electron chi connectivity index (χ0n) is 14.3. The van der Waals surface area contributed by atoms with E-state index in [1.165, 1.54) is 12.1 Å². The van der Waals surface area contributed by atoms with Gasteiger partial charge in [0.25, 0.3) is 0 Å². The zero-order valence-corrected chi connectivity index (χ0v) is 14.3. The summed E-state index contributed by atoms with van der Waals surface area (Å²) < 4.78 is 27.2. The summed E-state index contributed by atoms with van der Waals surface area (Å²) in [5.41, 5.74) is 3.67. The minimum absolute atomic E-state index is 0.0371. The molecule has 0 aromatic heterocycles. The molecule has 1 aliphatic rings. The molecular weight excluding hydrogens is 332 g/mol. The fourth-order valence-electron chi connectivity index (χ4n) is 3.14. The topological polar surface area (TPSA) is 20.3 Å². The summed E-state index contributed by atoms with van der Waals surface area (Å²) in [6.07, 6.45) is 6.16. The second-order valence-corrected chi connectivity index (χ2v) is 6.13. The van der Waals surface area contributed by atoms with Gasteiger partial charge >= 0.3 is 0 Å². The molecule has 26 heavy (non-hydrogen) atoms. The Balaban J connectivity index is 1.99. The average molecular weight is 351 g/mol. The fourth-order valence-corrected chi connectivity index (χ4v) is 3.14. The number of hydrogen-bond acceptors (Lipinski definition) is 1. The largest absolute Gasteiger partial charge is 0.308 e. The van der Waals surface area contributed by atoms with Crippen LogP contribution in [0.2, 0.25) is 0 Å². The lowest BCUT2D eigenvalue weighted by atomic mass is 9.95. The summed E-state index contributed by atoms with van der Waals surface area (Å²) >= 11 is 0. The maximum Gasteiger partial charge on any atom is 0.227 e. The van der Waals surface area contributed by atoms with Gasteiger partial charge in [-0.3, -0.25) is 4.79 Å². The number of carbonyl (C=O) groups excluding carboxylic acids is 1. The van der Waals surface area contributed by atoms with Gasteiger partial charge in [-0.05, 0) is 47.4 Å². The third-order valence-corrected chi connectivity index (χ3v) is 4.46. The predicted octanol–water partition coefficient (Wildman–Crippen LogP) is 5.21. The van der Waals surface area contributed by atoms with E-state index in [4.69, 9.17) is 0 Å². The van der Waals surface area contributed by atoms with E-state index in [0.29, 0.717) is 30.5 Å². The predicted molar refractivity (Wildman–Crippen MR) is 101 cm³/mol. The summed E-state index contributed by atoms with van der Waals surface area (Å²) in [7, 11) is 0. The number of nitrogens with zero attached hydrogens (tertiary/aromatic N) is 1. The van der Waals surface area contributed by atoms with Crippen LogP contribution in [0.5, 0.6) is 0 Å². The Labute approximate surface area is 151 Å². The molecule has 0 saturated carbocycles. The minimum atomic E-state index is -0.605. The molecule has 0 radical (unpaired) electrons. The highest BCUT2D eigenvalue weighted by molar-refractivity contribution is 5.97. The standard InChI is InChI=1S/C22H19F2NO/c1-3-5-15(4-2)14-25-21-10-6-16(12-17(21)7-11-22(25)26)19-9-8-18(23)13-20(19)24/h3-6,8-10,12-13H,1-2,7,11,14H2/b15-5+. The molecule has 0 spiro atoms. The average Bonchev–Trinajstić information content (AvgIpc) is 2.63. The molecule has 132 valence electrons. The molecule has 1 amide bonds. The van der Waals surface area contributed by atoms with Gasteiger partial charge in [0.15, 0.2) is 0 Å². The SMILES string of the molecule is C=C/C=C(\C=C)CN1C(=O)CCc2cc(-c3ccc(F)cc3F)ccc21. The van der Waals surface area contributed by atoms with Crippen molar-refractivity contribution in [2.24, 2.45) is 0 Å². The van der Waals surface area contributed by atoms with Crippen LogP contribution >= 0.6 is 0 Å². The number of halogens is 2. The molecular formula is C22H19F2NO. The first-order valence-electron chi connectivity index (χ1n) is 8.36. The lowest BCUT2D eigenvalue weighted by Crippen LogP contribution is -2.36. The van der Waals surface area contributed by atoms with Crippen LogP contribution in [-0.4, -0.2) is 12.5 Å². The molecule has 1 aliphatic heterocycles. The maximum atomic E-state index is 14.1. The third-order valence-electron chi connectivity index (χ3n) is 4.46. The molecule has 2 aromatic rings. The molecule has 3 rings (SSSR count). The van der Waals surface area contributed by atoms with E-state index < -0.39 is 11.6 Å². The normalized spacial score (nSPS) is 14.2. The van der Waals surface area contributed by atoms with Gasteiger partial charge in [0.1, 0.15) is 11.6 Å². The van der Waals surface area contributed by atoms with Crippen molar-refractivity contribution in [3.05, 3.63) is 90.6 Å². The van der Waals surface area contributed by atoms with E-state index in [0.717, 1.165) is 22.9 Å². The summed E-state index contributed by atoms with van der Waals surface area (Å²) in [6, 6.07) is 8.99. The molecule has 1 heterocycles. The second kappa shape index (κ2) is 7.48. The molecule has 0 bridgehead atoms. The van der Waals surface area contributed by atoms with Crippen molar-refractivity contribution in [1.29, 1.82) is 0 Å². The first kappa shape index (κ1) is 17.8. The van der Waals surface area contributed by atoms with Gasteiger partial charge < -0.3 is 4.90 Å². The Hall–Kier alpha value is -3.01. The number of fused-ring (bicyclic) bond motifs is 1. The molecule has 0 saturated heterocycles. The van der Waals surface area contributed by atoms with E-state index in [1.54, 1.807) is 23.1 Å². The fraction of sp³-hybridized carbons (Fsp3) is 0.136. The van der Waals surface area contributed by atoms with Crippen molar-refractivity contribution in [2.45, 2.75) is 12.8 Å². The summed E-state index contributed by atoms with van der Waals surface area (Å²) in [4.78, 5) is 14.1. The number of aryl methyl sites for hydroxylation is 1. The molecule has 0 unspecified atom stereocenters. The van der Waals surface area contributed by atoms with Gasteiger partial charge in [-0.1, -0.05) is 37.5 Å². The minimum Gasteiger partial charge on any atom is -0.308 e. The van der Waals surface area contributed by atoms with Crippen molar-refractivity contribution in [3.63, 3.8) is 0 Å². The van der Waals surface area contributed by atoms with Gasteiger partial charge in [-0.25, -0.2) is 8.78 Å². The van der Waals surface area contributed by atoms with Crippen molar-refractivity contribution >= 4 is 11.6 Å². The van der Waals surface area contributed by atoms with Gasteiger partial charge in [-0.15, -0.1) is 0 Å². The van der Waals surface area contributed by atoms with Crippen molar-refractivity contribution in [1.82, 2.24) is 0 Å². The number of benzene rings is 2. The van der Waals surface area contributed by atoms with Gasteiger partial charge in [0.05, 0.1) is 6.54 Å². The van der Waals surface area contributed by atoms with Crippen molar-refractivity contribution in [3.8, 4) is 11.1 Å². The summed E-state index contributed by atoms with van der Waals surface area (Å²) in [5.74, 6) is -1.17. The van der Waals surface area contributed by atoms with Crippen LogP contribution in [0.3, 0.4) is 0 Å². The lowest BCUT2D eigenvalue weighted by molar-refractivity contribution is -0.118. The monoisotopic (exact) mass is 351 g/mol. The molecule has 2 aromatic carbocycles. The smallest absolute Gasteiger partial charge is 0.227 e. The van der Waals surface area contributed by atoms with Crippen LogP contribution < -0.4 is 4.90 Å². The highest BCUT2D eigenvalue weighted by atomic mass is 19.1. The van der Waals surface area contributed by atoms with Crippen LogP contribution in [0, 0.1) is 11.6 Å². The number of amides is 1. The Bertz CT molecular complexity index is 914. The summed E-state index contributed by atoms with van der Waals surface area (Å²) in [6.45, 7) is 7.85. The first-order chi connectivity index (χ1) is 12.5. The van der Waals surface area contributed by atoms with Gasteiger partial charge in [0.2, 0.25) is 5.91 Å². The molecule has 2 nitrogen and oxygen atoms in total. The molecule has 4 heteroatoms. The highest BCUT2D eigenvalue weighted by Gasteiger charge is 2.25. The van der Waals surface area contributed by atoms with Crippen LogP contribution in [0.15, 0.2) is 73.4 Å². The number of carbonyl (C=O) groups is 1. The van der Waals surface area contributed by atoms with Crippen molar-refractivity contribution < 1.29 is 13.6 Å². The van der Waals surface area contributed by atoms with E-state index >= 15 is 0 Å². The number of hydrogen-bond donors (Lipinski definition) is 0. The lowest BCUT2D eigenvalue weighted by Gasteiger charge is -2.30. The van der Waals surface area contributed by atoms with Crippen LogP contribution in [-0.2, 0) is 11.2 Å². The second-order valence-electron chi connectivity index (χ2n) is 6.13. The van der Waals surface area contributed by atoms with Gasteiger partial charge in [0, 0.05) is 23.7 Å². The molecule has 0 fully saturated rings. The zero-order chi connectivity index (χ0) is 18.7. The summed E-state index contributed by atoms with van der Waals surface area (Å²) in [5, 5.41) is 0. The molecule has 0 aliphatic carbocycles. The molecule has 0 atom stereocenters. The van der Waals surface area contributed by atoms with E-state index in [2.05, 4.69) is 13.2 Å². The highest BCUT2D eigenvalue weighted by Crippen LogP contribution is 2.33. The molecule has 0 N–H and O–H groups in total. The Morgan fingerprint density at radius 2 is 1.92 bits per heavy atom. The Kier molecular flexibility index (Phi) is 5.12. The van der Waals surface area contributed by atoms with Crippen molar-refractivity contribution in [2.75, 3.05) is 11.4 Å². The quantitative estimate of drug-likeness (QED) is 0.677. The van der Waals surface area contributed by atoms with E-state index in [-0.39, 0.29) is 5.91 Å². The van der Waals surface area contributed by atoms with Gasteiger partial charge in [-0.2, -0.15) is 0 Å². The third kappa shape index (κ3) is 3.49.